The summed E-state index contributed by atoms with van der Waals surface area (Å²) in [6.07, 6.45) is -0.763. The summed E-state index contributed by atoms with van der Waals surface area (Å²) in [5.74, 6) is -0.406. The Balaban J connectivity index is 1.50. The van der Waals surface area contributed by atoms with Gasteiger partial charge in [-0.3, -0.25) is 10.1 Å². The summed E-state index contributed by atoms with van der Waals surface area (Å²) in [5, 5.41) is 13.5. The largest absolute Gasteiger partial charge is 0.445 e. The molecule has 198 valence electrons. The SMILES string of the molecule is O=C(N[C@@H](CSC(c1ccccc1)c1ccccc1)C(=O)Oc1ccc([N+](=O)[O-])cc1)OCc1ccccc1. The first-order valence-corrected chi connectivity index (χ1v) is 13.2. The van der Waals surface area contributed by atoms with E-state index in [0.29, 0.717) is 0 Å². The number of rotatable bonds is 11. The molecule has 0 heterocycles. The molecule has 4 aromatic rings. The molecule has 0 saturated heterocycles. The molecule has 0 bridgehead atoms. The minimum Gasteiger partial charge on any atom is -0.445 e. The van der Waals surface area contributed by atoms with Crippen molar-refractivity contribution in [1.29, 1.82) is 0 Å². The maximum atomic E-state index is 13.2. The number of hydrogen-bond donors (Lipinski definition) is 1. The van der Waals surface area contributed by atoms with E-state index in [4.69, 9.17) is 9.47 Å². The van der Waals surface area contributed by atoms with Gasteiger partial charge in [0.05, 0.1) is 10.2 Å². The van der Waals surface area contributed by atoms with Gasteiger partial charge in [0.1, 0.15) is 18.4 Å². The molecule has 0 aliphatic heterocycles. The molecule has 0 aromatic heterocycles. The van der Waals surface area contributed by atoms with Crippen LogP contribution in [0, 0.1) is 10.1 Å². The number of hydrogen-bond acceptors (Lipinski definition) is 7. The highest BCUT2D eigenvalue weighted by molar-refractivity contribution is 7.99. The molecular weight excluding hydrogens is 516 g/mol. The number of amides is 1. The van der Waals surface area contributed by atoms with E-state index in [-0.39, 0.29) is 29.0 Å². The highest BCUT2D eigenvalue weighted by Crippen LogP contribution is 2.36. The normalized spacial score (nSPS) is 11.4. The molecule has 0 fully saturated rings. The van der Waals surface area contributed by atoms with E-state index >= 15 is 0 Å². The van der Waals surface area contributed by atoms with E-state index in [1.165, 1.54) is 36.0 Å². The predicted octanol–water partition coefficient (Wildman–Crippen LogP) is 6.32. The maximum absolute atomic E-state index is 13.2. The molecular formula is C30H26N2O6S. The van der Waals surface area contributed by atoms with Crippen LogP contribution in [-0.4, -0.2) is 28.8 Å². The maximum Gasteiger partial charge on any atom is 0.408 e. The van der Waals surface area contributed by atoms with Gasteiger partial charge in [-0.2, -0.15) is 0 Å². The van der Waals surface area contributed by atoms with Crippen molar-refractivity contribution in [1.82, 2.24) is 5.32 Å². The van der Waals surface area contributed by atoms with Gasteiger partial charge in [0.15, 0.2) is 0 Å². The Labute approximate surface area is 230 Å². The topological polar surface area (TPSA) is 108 Å². The zero-order valence-corrected chi connectivity index (χ0v) is 21.7. The molecule has 0 saturated carbocycles. The van der Waals surface area contributed by atoms with Gasteiger partial charge < -0.3 is 14.8 Å². The van der Waals surface area contributed by atoms with Crippen LogP contribution in [0.3, 0.4) is 0 Å². The molecule has 9 heteroatoms. The number of esters is 1. The van der Waals surface area contributed by atoms with Gasteiger partial charge in [0, 0.05) is 17.9 Å². The van der Waals surface area contributed by atoms with Gasteiger partial charge in [-0.05, 0) is 28.8 Å². The van der Waals surface area contributed by atoms with Crippen LogP contribution in [0.5, 0.6) is 5.75 Å². The number of alkyl carbamates (subject to hydrolysis) is 1. The van der Waals surface area contributed by atoms with Gasteiger partial charge in [0.25, 0.3) is 5.69 Å². The van der Waals surface area contributed by atoms with Crippen LogP contribution in [0.4, 0.5) is 10.5 Å². The minimum absolute atomic E-state index is 0.0423. The van der Waals surface area contributed by atoms with E-state index in [0.717, 1.165) is 16.7 Å². The van der Waals surface area contributed by atoms with Crippen LogP contribution < -0.4 is 10.1 Å². The van der Waals surface area contributed by atoms with Crippen molar-refractivity contribution in [2.45, 2.75) is 17.9 Å². The second-order valence-electron chi connectivity index (χ2n) is 8.47. The van der Waals surface area contributed by atoms with Crippen molar-refractivity contribution in [3.8, 4) is 5.75 Å². The van der Waals surface area contributed by atoms with Crippen LogP contribution in [0.15, 0.2) is 115 Å². The molecule has 0 unspecified atom stereocenters. The van der Waals surface area contributed by atoms with Gasteiger partial charge >= 0.3 is 12.1 Å². The Morgan fingerprint density at radius 3 is 1.87 bits per heavy atom. The quantitative estimate of drug-likeness (QED) is 0.102. The van der Waals surface area contributed by atoms with Crippen LogP contribution in [-0.2, 0) is 16.1 Å². The van der Waals surface area contributed by atoms with Gasteiger partial charge in [-0.15, -0.1) is 11.8 Å². The fourth-order valence-corrected chi connectivity index (χ4v) is 5.04. The number of carbonyl (C=O) groups excluding carboxylic acids is 2. The predicted molar refractivity (Wildman–Crippen MR) is 149 cm³/mol. The fraction of sp³-hybridized carbons (Fsp3) is 0.133. The number of benzene rings is 4. The Morgan fingerprint density at radius 2 is 1.33 bits per heavy atom. The van der Waals surface area contributed by atoms with Crippen molar-refractivity contribution in [2.24, 2.45) is 0 Å². The molecule has 0 radical (unpaired) electrons. The third-order valence-electron chi connectivity index (χ3n) is 5.69. The Hall–Kier alpha value is -4.63. The number of nitro benzene ring substituents is 1. The lowest BCUT2D eigenvalue weighted by Crippen LogP contribution is -2.45. The Bertz CT molecular complexity index is 1330. The third-order valence-corrected chi connectivity index (χ3v) is 7.09. The van der Waals surface area contributed by atoms with Gasteiger partial charge in [-0.25, -0.2) is 9.59 Å². The van der Waals surface area contributed by atoms with E-state index in [9.17, 15) is 19.7 Å². The molecule has 4 aromatic carbocycles. The standard InChI is InChI=1S/C30H26N2O6S/c33-29(38-26-18-16-25(17-19-26)32(35)36)27(31-30(34)37-20-22-10-4-1-5-11-22)21-39-28(23-12-6-2-7-13-23)24-14-8-3-9-15-24/h1-19,27-28H,20-21H2,(H,31,34)/t27-/m0/s1. The minimum atomic E-state index is -1.05. The summed E-state index contributed by atoms with van der Waals surface area (Å²) < 4.78 is 10.8. The monoisotopic (exact) mass is 542 g/mol. The average molecular weight is 543 g/mol. The first kappa shape index (κ1) is 27.4. The van der Waals surface area contributed by atoms with Crippen molar-refractivity contribution >= 4 is 29.5 Å². The van der Waals surface area contributed by atoms with Crippen molar-refractivity contribution < 1.29 is 24.0 Å². The van der Waals surface area contributed by atoms with Crippen LogP contribution in [0.2, 0.25) is 0 Å². The van der Waals surface area contributed by atoms with Crippen LogP contribution in [0.25, 0.3) is 0 Å². The lowest BCUT2D eigenvalue weighted by atomic mass is 10.0. The van der Waals surface area contributed by atoms with E-state index in [1.807, 2.05) is 91.0 Å². The first-order valence-electron chi connectivity index (χ1n) is 12.1. The second kappa shape index (κ2) is 13.8. The first-order chi connectivity index (χ1) is 19.0. The van der Waals surface area contributed by atoms with Crippen molar-refractivity contribution in [3.05, 3.63) is 142 Å². The molecule has 8 nitrogen and oxygen atoms in total. The molecule has 0 aliphatic carbocycles. The lowest BCUT2D eigenvalue weighted by Gasteiger charge is -2.22. The number of non-ortho nitro benzene ring substituents is 1. The molecule has 0 aliphatic rings. The Morgan fingerprint density at radius 1 is 0.795 bits per heavy atom. The highest BCUT2D eigenvalue weighted by Gasteiger charge is 2.27. The van der Waals surface area contributed by atoms with E-state index in [1.54, 1.807) is 0 Å². The molecule has 1 N–H and O–H groups in total. The van der Waals surface area contributed by atoms with Gasteiger partial charge in [-0.1, -0.05) is 91.0 Å². The summed E-state index contributed by atoms with van der Waals surface area (Å²) in [5.41, 5.74) is 2.77. The third kappa shape index (κ3) is 8.18. The number of thioether (sulfide) groups is 1. The molecule has 39 heavy (non-hydrogen) atoms. The number of nitrogens with zero attached hydrogens (tertiary/aromatic N) is 1. The van der Waals surface area contributed by atoms with Crippen LogP contribution in [0.1, 0.15) is 21.9 Å². The number of ether oxygens (including phenoxy) is 2. The molecule has 4 rings (SSSR count). The Kier molecular flexibility index (Phi) is 9.68. The number of carbonyl (C=O) groups is 2. The van der Waals surface area contributed by atoms with Gasteiger partial charge in [0.2, 0.25) is 0 Å². The zero-order chi connectivity index (χ0) is 27.5. The summed E-state index contributed by atoms with van der Waals surface area (Å²) in [4.78, 5) is 36.3. The lowest BCUT2D eigenvalue weighted by molar-refractivity contribution is -0.384. The number of nitro groups is 1. The highest BCUT2D eigenvalue weighted by atomic mass is 32.2. The summed E-state index contributed by atoms with van der Waals surface area (Å²) in [6, 6.07) is 33.0. The summed E-state index contributed by atoms with van der Waals surface area (Å²) in [7, 11) is 0. The fourth-order valence-electron chi connectivity index (χ4n) is 3.73. The molecule has 1 atom stereocenters. The van der Waals surface area contributed by atoms with E-state index in [2.05, 4.69) is 5.32 Å². The second-order valence-corrected chi connectivity index (χ2v) is 9.60. The van der Waals surface area contributed by atoms with Crippen LogP contribution >= 0.6 is 11.8 Å². The van der Waals surface area contributed by atoms with E-state index < -0.39 is 23.0 Å². The number of nitrogens with one attached hydrogen (secondary N) is 1. The van der Waals surface area contributed by atoms with Crippen molar-refractivity contribution in [2.75, 3.05) is 5.75 Å². The average Bonchev–Trinajstić information content (AvgIpc) is 2.97. The summed E-state index contributed by atoms with van der Waals surface area (Å²) in [6.45, 7) is 0.0423. The van der Waals surface area contributed by atoms with Crippen molar-refractivity contribution in [3.63, 3.8) is 0 Å². The summed E-state index contributed by atoms with van der Waals surface area (Å²) >= 11 is 1.48. The zero-order valence-electron chi connectivity index (χ0n) is 20.8. The molecule has 0 spiro atoms. The molecule has 1 amide bonds. The smallest absolute Gasteiger partial charge is 0.408 e.